The van der Waals surface area contributed by atoms with Crippen molar-refractivity contribution in [2.45, 2.75) is 45.3 Å². The van der Waals surface area contributed by atoms with Gasteiger partial charge in [0.1, 0.15) is 34.0 Å². The number of carbonyl (C=O) groups is 3. The van der Waals surface area contributed by atoms with Gasteiger partial charge in [0.05, 0.1) is 24.7 Å². The third-order valence-electron chi connectivity index (χ3n) is 5.76. The summed E-state index contributed by atoms with van der Waals surface area (Å²) in [6, 6.07) is 0. The van der Waals surface area contributed by atoms with Crippen molar-refractivity contribution in [3.63, 3.8) is 0 Å². The van der Waals surface area contributed by atoms with Crippen molar-refractivity contribution in [2.24, 2.45) is 0 Å². The van der Waals surface area contributed by atoms with Crippen LogP contribution in [0.1, 0.15) is 48.7 Å². The molecule has 0 saturated heterocycles. The Labute approximate surface area is 161 Å². The summed E-state index contributed by atoms with van der Waals surface area (Å²) in [6.07, 6.45) is -0.341. The number of aliphatic hydroxyl groups excluding tert-OH is 1. The number of benzene rings is 1. The summed E-state index contributed by atoms with van der Waals surface area (Å²) < 4.78 is 17.0. The fourth-order valence-electron chi connectivity index (χ4n) is 4.26. The highest BCUT2D eigenvalue weighted by Gasteiger charge is 2.67. The van der Waals surface area contributed by atoms with Gasteiger partial charge in [-0.2, -0.15) is 0 Å². The number of fused-ring (bicyclic) bond motifs is 3. The molecule has 0 fully saturated rings. The first-order valence-electron chi connectivity index (χ1n) is 8.65. The summed E-state index contributed by atoms with van der Waals surface area (Å²) in [5.74, 6) is -4.06. The van der Waals surface area contributed by atoms with Crippen LogP contribution >= 0.6 is 0 Å². The molecule has 1 aromatic carbocycles. The van der Waals surface area contributed by atoms with Gasteiger partial charge in [0.25, 0.3) is 0 Å². The largest absolute Gasteiger partial charge is 0.510 e. The average Bonchev–Trinajstić information content (AvgIpc) is 2.88. The second-order valence-corrected chi connectivity index (χ2v) is 7.21. The lowest BCUT2D eigenvalue weighted by atomic mass is 9.66. The van der Waals surface area contributed by atoms with Gasteiger partial charge in [-0.3, -0.25) is 14.4 Å². The van der Waals surface area contributed by atoms with Gasteiger partial charge >= 0.3 is 0 Å². The molecule has 0 amide bonds. The Morgan fingerprint density at radius 3 is 2.21 bits per heavy atom. The maximum atomic E-state index is 12.6. The van der Waals surface area contributed by atoms with Crippen molar-refractivity contribution in [2.75, 3.05) is 14.2 Å². The Balaban J connectivity index is 2.54. The van der Waals surface area contributed by atoms with E-state index in [9.17, 15) is 24.6 Å². The number of ether oxygens (including phenoxy) is 3. The summed E-state index contributed by atoms with van der Waals surface area (Å²) in [4.78, 5) is 36.9. The Hall–Kier alpha value is -2.87. The monoisotopic (exact) mass is 390 g/mol. The van der Waals surface area contributed by atoms with Crippen molar-refractivity contribution in [1.29, 1.82) is 0 Å². The van der Waals surface area contributed by atoms with Crippen LogP contribution in [-0.4, -0.2) is 47.6 Å². The Morgan fingerprint density at radius 2 is 1.75 bits per heavy atom. The molecule has 8 heteroatoms. The number of carbonyl (C=O) groups excluding carboxylic acids is 3. The van der Waals surface area contributed by atoms with Crippen LogP contribution in [0.25, 0.3) is 0 Å². The van der Waals surface area contributed by atoms with Crippen LogP contribution in [0.3, 0.4) is 0 Å². The van der Waals surface area contributed by atoms with E-state index in [1.165, 1.54) is 28.1 Å². The van der Waals surface area contributed by atoms with Crippen LogP contribution in [0.15, 0.2) is 11.3 Å². The molecule has 0 radical (unpaired) electrons. The zero-order valence-electron chi connectivity index (χ0n) is 16.6. The van der Waals surface area contributed by atoms with Gasteiger partial charge < -0.3 is 24.4 Å². The van der Waals surface area contributed by atoms with Gasteiger partial charge in [-0.1, -0.05) is 0 Å². The molecule has 2 N–H and O–H groups in total. The number of hydrogen-bond donors (Lipinski definition) is 2. The predicted molar refractivity (Wildman–Crippen MR) is 97.1 cm³/mol. The minimum absolute atomic E-state index is 0.00386. The number of Topliss-reactive ketones (excluding diaryl/α,β-unsaturated/α-hetero) is 3. The number of aromatic hydroxyl groups is 1. The molecule has 1 aromatic rings. The maximum absolute atomic E-state index is 12.6. The number of methoxy groups -OCH3 is 2. The number of hydrogen-bond acceptors (Lipinski definition) is 8. The normalized spacial score (nSPS) is 25.9. The second kappa shape index (κ2) is 6.07. The number of rotatable bonds is 4. The molecule has 2 aliphatic rings. The Kier molecular flexibility index (Phi) is 4.31. The van der Waals surface area contributed by atoms with Gasteiger partial charge in [0, 0.05) is 12.7 Å². The first-order valence-corrected chi connectivity index (χ1v) is 8.65. The van der Waals surface area contributed by atoms with E-state index in [0.717, 1.165) is 0 Å². The van der Waals surface area contributed by atoms with Gasteiger partial charge in [-0.15, -0.1) is 0 Å². The fraction of sp³-hybridized carbons (Fsp3) is 0.450. The molecule has 1 heterocycles. The van der Waals surface area contributed by atoms with Crippen LogP contribution in [0.2, 0.25) is 0 Å². The molecule has 1 aliphatic carbocycles. The van der Waals surface area contributed by atoms with E-state index in [0.29, 0.717) is 0 Å². The van der Waals surface area contributed by atoms with Crippen LogP contribution in [0.5, 0.6) is 17.2 Å². The molecule has 0 spiro atoms. The lowest BCUT2D eigenvalue weighted by Crippen LogP contribution is -2.57. The third kappa shape index (κ3) is 2.12. The summed E-state index contributed by atoms with van der Waals surface area (Å²) in [7, 11) is 2.63. The molecule has 0 saturated carbocycles. The molecular weight excluding hydrogens is 368 g/mol. The van der Waals surface area contributed by atoms with Gasteiger partial charge in [0.15, 0.2) is 17.3 Å². The molecule has 8 nitrogen and oxygen atoms in total. The molecule has 150 valence electrons. The highest BCUT2D eigenvalue weighted by Crippen LogP contribution is 2.63. The zero-order valence-corrected chi connectivity index (χ0v) is 16.6. The van der Waals surface area contributed by atoms with Crippen molar-refractivity contribution < 1.29 is 38.8 Å². The summed E-state index contributed by atoms with van der Waals surface area (Å²) in [5, 5.41) is 21.6. The maximum Gasteiger partial charge on any atom is 0.234 e. The molecule has 2 atom stereocenters. The molecule has 1 aliphatic heterocycles. The molecule has 3 rings (SSSR count). The number of aliphatic hydroxyl groups is 1. The fourth-order valence-corrected chi connectivity index (χ4v) is 4.26. The highest BCUT2D eigenvalue weighted by molar-refractivity contribution is 6.21. The Morgan fingerprint density at radius 1 is 1.14 bits per heavy atom. The van der Waals surface area contributed by atoms with E-state index in [2.05, 4.69) is 0 Å². The Bertz CT molecular complexity index is 973. The summed E-state index contributed by atoms with van der Waals surface area (Å²) in [5.41, 5.74) is -1.48. The zero-order chi connectivity index (χ0) is 21.2. The molecular formula is C20H22O8. The van der Waals surface area contributed by atoms with Gasteiger partial charge in [-0.25, -0.2) is 0 Å². The van der Waals surface area contributed by atoms with Gasteiger partial charge in [0.2, 0.25) is 5.79 Å². The van der Waals surface area contributed by atoms with E-state index in [1.807, 2.05) is 0 Å². The number of phenols is 1. The van der Waals surface area contributed by atoms with E-state index in [-0.39, 0.29) is 45.9 Å². The smallest absolute Gasteiger partial charge is 0.234 e. The standard InChI is InChI=1S/C20H22O8/c1-8-15(24)13(10(3)22)17(26-5)14-16(8)28-20(27-6)7-11(23)12(9(2)21)18(25)19(14,20)4/h24-25H,7H2,1-6H3/t19-,20-/m1/s1. The van der Waals surface area contributed by atoms with Crippen LogP contribution in [-0.2, 0) is 19.7 Å². The summed E-state index contributed by atoms with van der Waals surface area (Å²) >= 11 is 0. The quantitative estimate of drug-likeness (QED) is 0.594. The highest BCUT2D eigenvalue weighted by atomic mass is 16.7. The van der Waals surface area contributed by atoms with Crippen LogP contribution < -0.4 is 9.47 Å². The SMILES string of the molecule is COc1c(C(C)=O)c(O)c(C)c2c1[C@]1(C)C(O)=C(C(C)=O)C(=O)C[C@@]1(OC)O2. The van der Waals surface area contributed by atoms with E-state index in [4.69, 9.17) is 14.2 Å². The first-order chi connectivity index (χ1) is 13.0. The molecule has 0 aromatic heterocycles. The number of ketones is 3. The van der Waals surface area contributed by atoms with Gasteiger partial charge in [-0.05, 0) is 27.7 Å². The predicted octanol–water partition coefficient (Wildman–Crippen LogP) is 2.28. The van der Waals surface area contributed by atoms with Crippen LogP contribution in [0, 0.1) is 6.92 Å². The van der Waals surface area contributed by atoms with Crippen molar-refractivity contribution in [3.05, 3.63) is 28.0 Å². The van der Waals surface area contributed by atoms with E-state index in [1.54, 1.807) is 13.8 Å². The van der Waals surface area contributed by atoms with E-state index >= 15 is 0 Å². The number of allylic oxidation sites excluding steroid dienone is 1. The minimum atomic E-state index is -1.67. The first kappa shape index (κ1) is 19.9. The van der Waals surface area contributed by atoms with E-state index < -0.39 is 34.3 Å². The van der Waals surface area contributed by atoms with Crippen LogP contribution in [0.4, 0.5) is 0 Å². The second-order valence-electron chi connectivity index (χ2n) is 7.21. The van der Waals surface area contributed by atoms with Crippen molar-refractivity contribution >= 4 is 17.3 Å². The number of phenolic OH excluding ortho intramolecular Hbond substituents is 1. The topological polar surface area (TPSA) is 119 Å². The summed E-state index contributed by atoms with van der Waals surface area (Å²) in [6.45, 7) is 5.55. The van der Waals surface area contributed by atoms with Crippen molar-refractivity contribution in [3.8, 4) is 17.2 Å². The minimum Gasteiger partial charge on any atom is -0.510 e. The third-order valence-corrected chi connectivity index (χ3v) is 5.76. The lowest BCUT2D eigenvalue weighted by Gasteiger charge is -2.43. The average molecular weight is 390 g/mol. The molecule has 0 unspecified atom stereocenters. The molecule has 0 bridgehead atoms. The lowest BCUT2D eigenvalue weighted by molar-refractivity contribution is -0.199. The molecule has 28 heavy (non-hydrogen) atoms. The van der Waals surface area contributed by atoms with Crippen molar-refractivity contribution in [1.82, 2.24) is 0 Å².